The smallest absolute Gasteiger partial charge is 0.160 e. The van der Waals surface area contributed by atoms with E-state index >= 15 is 0 Å². The van der Waals surface area contributed by atoms with Gasteiger partial charge in [-0.05, 0) is 43.5 Å². The summed E-state index contributed by atoms with van der Waals surface area (Å²) in [7, 11) is 0. The molecule has 0 amide bonds. The third kappa shape index (κ3) is 2.24. The molecule has 0 radical (unpaired) electrons. The number of fused-ring (bicyclic) bond motifs is 1. The normalized spacial score (nSPS) is 14.2. The van der Waals surface area contributed by atoms with E-state index in [1.165, 1.54) is 11.3 Å². The molecule has 0 atom stereocenters. The number of hydrogen-bond acceptors (Lipinski definition) is 4. The summed E-state index contributed by atoms with van der Waals surface area (Å²) in [5.41, 5.74) is 5.89. The van der Waals surface area contributed by atoms with E-state index in [9.17, 15) is 0 Å². The zero-order valence-electron chi connectivity index (χ0n) is 11.4. The molecule has 19 heavy (non-hydrogen) atoms. The van der Waals surface area contributed by atoms with Gasteiger partial charge in [-0.1, -0.05) is 6.92 Å². The summed E-state index contributed by atoms with van der Waals surface area (Å²) in [5.74, 6) is 0.833. The maximum atomic E-state index is 4.77. The first-order chi connectivity index (χ1) is 9.29. The van der Waals surface area contributed by atoms with Crippen molar-refractivity contribution in [3.8, 4) is 11.4 Å². The van der Waals surface area contributed by atoms with Crippen molar-refractivity contribution in [3.63, 3.8) is 0 Å². The molecule has 1 N–H and O–H groups in total. The molecule has 4 nitrogen and oxygen atoms in total. The second-order valence-electron chi connectivity index (χ2n) is 4.89. The highest BCUT2D eigenvalue weighted by atomic mass is 15.0. The van der Waals surface area contributed by atoms with E-state index in [1.807, 2.05) is 12.3 Å². The van der Waals surface area contributed by atoms with E-state index in [2.05, 4.69) is 24.1 Å². The maximum Gasteiger partial charge on any atom is 0.160 e. The first-order valence-corrected chi connectivity index (χ1v) is 6.80. The Morgan fingerprint density at radius 1 is 1.32 bits per heavy atom. The fourth-order valence-corrected chi connectivity index (χ4v) is 2.57. The Kier molecular flexibility index (Phi) is 3.25. The lowest BCUT2D eigenvalue weighted by atomic mass is 10.0. The predicted octanol–water partition coefficient (Wildman–Crippen LogP) is 2.06. The van der Waals surface area contributed by atoms with Crippen molar-refractivity contribution < 1.29 is 0 Å². The lowest BCUT2D eigenvalue weighted by molar-refractivity contribution is 0.617. The Hall–Kier alpha value is -1.81. The van der Waals surface area contributed by atoms with Gasteiger partial charge in [-0.15, -0.1) is 0 Å². The van der Waals surface area contributed by atoms with Crippen LogP contribution in [0.5, 0.6) is 0 Å². The van der Waals surface area contributed by atoms with Crippen molar-refractivity contribution in [1.82, 2.24) is 20.3 Å². The summed E-state index contributed by atoms with van der Waals surface area (Å²) >= 11 is 0. The topological polar surface area (TPSA) is 50.7 Å². The number of hydrogen-bond donors (Lipinski definition) is 1. The molecule has 2 aromatic heterocycles. The first kappa shape index (κ1) is 12.2. The van der Waals surface area contributed by atoms with Gasteiger partial charge in [0, 0.05) is 30.2 Å². The summed E-state index contributed by atoms with van der Waals surface area (Å²) < 4.78 is 0. The van der Waals surface area contributed by atoms with Gasteiger partial charge in [-0.2, -0.15) is 0 Å². The van der Waals surface area contributed by atoms with Crippen molar-refractivity contribution in [1.29, 1.82) is 0 Å². The van der Waals surface area contributed by atoms with Crippen molar-refractivity contribution in [2.24, 2.45) is 0 Å². The van der Waals surface area contributed by atoms with Crippen LogP contribution >= 0.6 is 0 Å². The van der Waals surface area contributed by atoms with E-state index in [0.717, 1.165) is 48.6 Å². The minimum atomic E-state index is 0.833. The van der Waals surface area contributed by atoms with Crippen LogP contribution in [0.15, 0.2) is 18.5 Å². The number of aryl methyl sites for hydroxylation is 2. The lowest BCUT2D eigenvalue weighted by Gasteiger charge is -2.20. The second-order valence-corrected chi connectivity index (χ2v) is 4.89. The largest absolute Gasteiger partial charge is 0.311 e. The molecule has 4 heteroatoms. The Morgan fingerprint density at radius 3 is 3.00 bits per heavy atom. The molecule has 0 aliphatic carbocycles. The molecule has 1 aliphatic rings. The molecular weight excluding hydrogens is 236 g/mol. The zero-order valence-corrected chi connectivity index (χ0v) is 11.4. The molecule has 2 aromatic rings. The number of nitrogens with one attached hydrogen (secondary N) is 1. The molecular formula is C15H18N4. The van der Waals surface area contributed by atoms with Gasteiger partial charge in [0.05, 0.1) is 5.69 Å². The molecule has 3 rings (SSSR count). The molecule has 0 saturated heterocycles. The maximum absolute atomic E-state index is 4.77. The molecule has 0 spiro atoms. The van der Waals surface area contributed by atoms with Gasteiger partial charge in [0.25, 0.3) is 0 Å². The summed E-state index contributed by atoms with van der Waals surface area (Å²) in [5, 5.41) is 3.38. The van der Waals surface area contributed by atoms with Gasteiger partial charge in [0.2, 0.25) is 0 Å². The first-order valence-electron chi connectivity index (χ1n) is 6.80. The molecule has 1 aliphatic heterocycles. The highest BCUT2D eigenvalue weighted by molar-refractivity contribution is 5.59. The molecule has 98 valence electrons. The van der Waals surface area contributed by atoms with Crippen molar-refractivity contribution in [2.75, 3.05) is 6.54 Å². The lowest BCUT2D eigenvalue weighted by Crippen LogP contribution is -2.26. The van der Waals surface area contributed by atoms with Crippen molar-refractivity contribution in [2.45, 2.75) is 33.2 Å². The Labute approximate surface area is 113 Å². The van der Waals surface area contributed by atoms with Crippen LogP contribution in [0.4, 0.5) is 0 Å². The van der Waals surface area contributed by atoms with Gasteiger partial charge in [-0.3, -0.25) is 4.98 Å². The third-order valence-corrected chi connectivity index (χ3v) is 3.62. The van der Waals surface area contributed by atoms with Crippen LogP contribution < -0.4 is 5.32 Å². The summed E-state index contributed by atoms with van der Waals surface area (Å²) in [6.45, 7) is 6.09. The Balaban J connectivity index is 2.15. The van der Waals surface area contributed by atoms with E-state index < -0.39 is 0 Å². The van der Waals surface area contributed by atoms with Crippen LogP contribution in [0.25, 0.3) is 11.4 Å². The van der Waals surface area contributed by atoms with E-state index in [0.29, 0.717) is 0 Å². The molecule has 0 fully saturated rings. The van der Waals surface area contributed by atoms with Crippen molar-refractivity contribution in [3.05, 3.63) is 41.0 Å². The number of nitrogens with zero attached hydrogens (tertiary/aromatic N) is 3. The van der Waals surface area contributed by atoms with Crippen LogP contribution in [-0.2, 0) is 19.4 Å². The van der Waals surface area contributed by atoms with Crippen LogP contribution in [-0.4, -0.2) is 21.5 Å². The average Bonchev–Trinajstić information content (AvgIpc) is 2.46. The molecule has 0 saturated carbocycles. The van der Waals surface area contributed by atoms with Gasteiger partial charge >= 0.3 is 0 Å². The van der Waals surface area contributed by atoms with Crippen LogP contribution in [0, 0.1) is 6.92 Å². The van der Waals surface area contributed by atoms with Crippen LogP contribution in [0.1, 0.15) is 29.4 Å². The van der Waals surface area contributed by atoms with Gasteiger partial charge in [0.15, 0.2) is 5.82 Å². The molecule has 3 heterocycles. The van der Waals surface area contributed by atoms with E-state index in [1.54, 1.807) is 6.20 Å². The fraction of sp³-hybridized carbons (Fsp3) is 0.400. The number of rotatable bonds is 2. The zero-order chi connectivity index (χ0) is 13.2. The highest BCUT2D eigenvalue weighted by Gasteiger charge is 2.17. The average molecular weight is 254 g/mol. The van der Waals surface area contributed by atoms with Crippen LogP contribution in [0.2, 0.25) is 0 Å². The minimum Gasteiger partial charge on any atom is -0.311 e. The molecule has 0 aromatic carbocycles. The number of aromatic nitrogens is 3. The Bertz CT molecular complexity index is 590. The highest BCUT2D eigenvalue weighted by Crippen LogP contribution is 2.23. The molecule has 0 bridgehead atoms. The second kappa shape index (κ2) is 5.05. The van der Waals surface area contributed by atoms with Crippen LogP contribution in [0.3, 0.4) is 0 Å². The monoisotopic (exact) mass is 254 g/mol. The van der Waals surface area contributed by atoms with Crippen molar-refractivity contribution >= 4 is 0 Å². The van der Waals surface area contributed by atoms with Gasteiger partial charge < -0.3 is 5.32 Å². The molecule has 0 unspecified atom stereocenters. The fourth-order valence-electron chi connectivity index (χ4n) is 2.57. The minimum absolute atomic E-state index is 0.833. The van der Waals surface area contributed by atoms with E-state index in [4.69, 9.17) is 9.97 Å². The predicted molar refractivity (Wildman–Crippen MR) is 74.8 cm³/mol. The SMILES string of the molecule is CCc1nc(-c2ccncc2C)nc2c1CCNC2. The summed E-state index contributed by atoms with van der Waals surface area (Å²) in [6.07, 6.45) is 5.66. The summed E-state index contributed by atoms with van der Waals surface area (Å²) in [6, 6.07) is 1.99. The Morgan fingerprint density at radius 2 is 2.21 bits per heavy atom. The standard InChI is InChI=1S/C15H18N4/c1-3-13-12-5-7-17-9-14(12)19-15(18-13)11-4-6-16-8-10(11)2/h4,6,8,17H,3,5,7,9H2,1-2H3. The quantitative estimate of drug-likeness (QED) is 0.891. The van der Waals surface area contributed by atoms with Gasteiger partial charge in [0.1, 0.15) is 0 Å². The number of pyridine rings is 1. The third-order valence-electron chi connectivity index (χ3n) is 3.62. The van der Waals surface area contributed by atoms with E-state index in [-0.39, 0.29) is 0 Å². The summed E-state index contributed by atoms with van der Waals surface area (Å²) in [4.78, 5) is 13.7. The van der Waals surface area contributed by atoms with Gasteiger partial charge in [-0.25, -0.2) is 9.97 Å².